The Morgan fingerprint density at radius 1 is 0.964 bits per heavy atom. The van der Waals surface area contributed by atoms with E-state index < -0.39 is 12.1 Å². The van der Waals surface area contributed by atoms with Crippen molar-refractivity contribution in [1.82, 2.24) is 5.32 Å². The number of anilines is 1. The van der Waals surface area contributed by atoms with E-state index in [1.807, 2.05) is 5.32 Å². The van der Waals surface area contributed by atoms with Crippen LogP contribution in [0.5, 0.6) is 0 Å². The number of amides is 2. The average Bonchev–Trinajstić information content (AvgIpc) is 2.58. The lowest BCUT2D eigenvalue weighted by atomic mass is 9.49. The summed E-state index contributed by atoms with van der Waals surface area (Å²) >= 11 is 0. The molecule has 4 nitrogen and oxygen atoms in total. The minimum Gasteiger partial charge on any atom is -0.344 e. The molecule has 0 saturated heterocycles. The van der Waals surface area contributed by atoms with Crippen LogP contribution in [0.3, 0.4) is 0 Å². The summed E-state index contributed by atoms with van der Waals surface area (Å²) < 4.78 is 36.6. The lowest BCUT2D eigenvalue weighted by Gasteiger charge is -2.56. The summed E-state index contributed by atoms with van der Waals surface area (Å²) in [6, 6.07) is 6.54. The number of alkyl halides is 3. The monoisotopic (exact) mass is 394 g/mol. The van der Waals surface area contributed by atoms with E-state index in [1.54, 1.807) is 24.3 Å². The Morgan fingerprint density at radius 3 is 2.00 bits per heavy atom. The average molecular weight is 394 g/mol. The van der Waals surface area contributed by atoms with Gasteiger partial charge in [0.2, 0.25) is 5.91 Å². The molecule has 152 valence electrons. The molecular formula is C21H25F3N2O2. The van der Waals surface area contributed by atoms with E-state index >= 15 is 0 Å². The van der Waals surface area contributed by atoms with Crippen molar-refractivity contribution in [2.24, 2.45) is 23.2 Å². The summed E-state index contributed by atoms with van der Waals surface area (Å²) in [5, 5.41) is 4.76. The molecule has 0 radical (unpaired) electrons. The summed E-state index contributed by atoms with van der Waals surface area (Å²) in [7, 11) is 0. The molecule has 28 heavy (non-hydrogen) atoms. The van der Waals surface area contributed by atoms with Gasteiger partial charge in [0, 0.05) is 18.7 Å². The van der Waals surface area contributed by atoms with E-state index in [4.69, 9.17) is 0 Å². The maximum absolute atomic E-state index is 12.6. The Bertz CT molecular complexity index is 723. The minimum absolute atomic E-state index is 0.0140. The molecule has 2 N–H and O–H groups in total. The zero-order valence-electron chi connectivity index (χ0n) is 15.6. The van der Waals surface area contributed by atoms with Gasteiger partial charge >= 0.3 is 12.1 Å². The molecule has 0 aliphatic heterocycles. The molecule has 2 amide bonds. The van der Waals surface area contributed by atoms with Crippen molar-refractivity contribution in [2.45, 2.75) is 57.7 Å². The number of halogens is 3. The third kappa shape index (κ3) is 4.18. The summed E-state index contributed by atoms with van der Waals surface area (Å²) in [6.07, 6.45) is 3.21. The normalized spacial score (nSPS) is 30.9. The SMILES string of the molecule is O=C(CC12CC3CC(CC(C3)C1)C2)Nc1ccc(CNC(=O)C(F)(F)F)cc1. The third-order valence-electron chi connectivity index (χ3n) is 6.65. The van der Waals surface area contributed by atoms with Crippen LogP contribution in [0.2, 0.25) is 0 Å². The van der Waals surface area contributed by atoms with Crippen molar-refractivity contribution in [3.63, 3.8) is 0 Å². The zero-order valence-corrected chi connectivity index (χ0v) is 15.6. The van der Waals surface area contributed by atoms with E-state index in [2.05, 4.69) is 5.32 Å². The lowest BCUT2D eigenvalue weighted by molar-refractivity contribution is -0.173. The molecule has 0 heterocycles. The Balaban J connectivity index is 1.30. The third-order valence-corrected chi connectivity index (χ3v) is 6.65. The molecule has 0 spiro atoms. The van der Waals surface area contributed by atoms with Gasteiger partial charge in [0.15, 0.2) is 0 Å². The van der Waals surface area contributed by atoms with Crippen LogP contribution in [0.4, 0.5) is 18.9 Å². The highest BCUT2D eigenvalue weighted by Crippen LogP contribution is 2.61. The Morgan fingerprint density at radius 2 is 1.50 bits per heavy atom. The number of hydrogen-bond acceptors (Lipinski definition) is 2. The maximum Gasteiger partial charge on any atom is 0.471 e. The molecule has 1 aromatic carbocycles. The molecule has 7 heteroatoms. The van der Waals surface area contributed by atoms with Gasteiger partial charge in [-0.3, -0.25) is 9.59 Å². The second kappa shape index (κ2) is 7.08. The predicted molar refractivity (Wildman–Crippen MR) is 98.2 cm³/mol. The van der Waals surface area contributed by atoms with Crippen LogP contribution in [0.1, 0.15) is 50.5 Å². The second-order valence-electron chi connectivity index (χ2n) is 9.02. The number of nitrogens with one attached hydrogen (secondary N) is 2. The molecule has 5 rings (SSSR count). The molecule has 4 fully saturated rings. The van der Waals surface area contributed by atoms with E-state index in [0.29, 0.717) is 17.7 Å². The summed E-state index contributed by atoms with van der Waals surface area (Å²) in [4.78, 5) is 23.5. The van der Waals surface area contributed by atoms with Crippen molar-refractivity contribution >= 4 is 17.5 Å². The molecule has 0 aromatic heterocycles. The van der Waals surface area contributed by atoms with E-state index in [1.165, 1.54) is 38.5 Å². The van der Waals surface area contributed by atoms with Gasteiger partial charge in [0.05, 0.1) is 0 Å². The van der Waals surface area contributed by atoms with Gasteiger partial charge in [0.1, 0.15) is 0 Å². The Labute approximate surface area is 162 Å². The van der Waals surface area contributed by atoms with Crippen LogP contribution in [0.15, 0.2) is 24.3 Å². The fourth-order valence-electron chi connectivity index (χ4n) is 6.04. The van der Waals surface area contributed by atoms with Crippen molar-refractivity contribution in [3.8, 4) is 0 Å². The van der Waals surface area contributed by atoms with Crippen molar-refractivity contribution in [3.05, 3.63) is 29.8 Å². The first kappa shape index (κ1) is 19.3. The van der Waals surface area contributed by atoms with Gasteiger partial charge in [-0.15, -0.1) is 0 Å². The molecule has 4 aliphatic rings. The highest BCUT2D eigenvalue weighted by molar-refractivity contribution is 5.91. The van der Waals surface area contributed by atoms with Crippen LogP contribution < -0.4 is 10.6 Å². The number of hydrogen-bond donors (Lipinski definition) is 2. The second-order valence-corrected chi connectivity index (χ2v) is 9.02. The van der Waals surface area contributed by atoms with E-state index in [0.717, 1.165) is 17.8 Å². The van der Waals surface area contributed by atoms with Crippen LogP contribution >= 0.6 is 0 Å². The quantitative estimate of drug-likeness (QED) is 0.777. The molecule has 0 unspecified atom stereocenters. The number of rotatable bonds is 5. The van der Waals surface area contributed by atoms with Gasteiger partial charge in [-0.1, -0.05) is 12.1 Å². The van der Waals surface area contributed by atoms with E-state index in [-0.39, 0.29) is 17.9 Å². The molecule has 1 aromatic rings. The fraction of sp³-hybridized carbons (Fsp3) is 0.619. The fourth-order valence-corrected chi connectivity index (χ4v) is 6.04. The van der Waals surface area contributed by atoms with Gasteiger partial charge < -0.3 is 10.6 Å². The van der Waals surface area contributed by atoms with Crippen LogP contribution in [-0.4, -0.2) is 18.0 Å². The van der Waals surface area contributed by atoms with Gasteiger partial charge in [0.25, 0.3) is 0 Å². The summed E-state index contributed by atoms with van der Waals surface area (Å²) in [5.41, 5.74) is 1.33. The van der Waals surface area contributed by atoms with Gasteiger partial charge in [-0.2, -0.15) is 13.2 Å². The topological polar surface area (TPSA) is 58.2 Å². The zero-order chi connectivity index (χ0) is 19.9. The van der Waals surface area contributed by atoms with Crippen LogP contribution in [0.25, 0.3) is 0 Å². The first-order valence-electron chi connectivity index (χ1n) is 9.95. The van der Waals surface area contributed by atoms with Crippen molar-refractivity contribution in [2.75, 3.05) is 5.32 Å². The molecule has 4 saturated carbocycles. The minimum atomic E-state index is -4.88. The Kier molecular flexibility index (Phi) is 4.88. The van der Waals surface area contributed by atoms with Gasteiger partial charge in [-0.25, -0.2) is 0 Å². The van der Waals surface area contributed by atoms with Crippen LogP contribution in [-0.2, 0) is 16.1 Å². The van der Waals surface area contributed by atoms with Gasteiger partial charge in [-0.05, 0) is 79.4 Å². The smallest absolute Gasteiger partial charge is 0.344 e. The largest absolute Gasteiger partial charge is 0.471 e. The summed E-state index contributed by atoms with van der Waals surface area (Å²) in [6.45, 7) is -0.208. The predicted octanol–water partition coefficient (Wildman–Crippen LogP) is 4.41. The molecule has 0 atom stereocenters. The maximum atomic E-state index is 12.6. The van der Waals surface area contributed by atoms with Crippen molar-refractivity contribution < 1.29 is 22.8 Å². The first-order valence-corrected chi connectivity index (χ1v) is 9.95. The summed E-state index contributed by atoms with van der Waals surface area (Å²) in [5.74, 6) is 0.446. The Hall–Kier alpha value is -2.05. The standard InChI is InChI=1S/C21H25F3N2O2/c22-21(23,24)19(28)25-12-13-1-3-17(4-2-13)26-18(27)11-20-8-14-5-15(9-20)7-16(6-14)10-20/h1-4,14-16H,5-12H2,(H,25,28)(H,26,27). The molecular weight excluding hydrogens is 369 g/mol. The highest BCUT2D eigenvalue weighted by Gasteiger charge is 2.51. The molecule has 4 aliphatic carbocycles. The number of carbonyl (C=O) groups is 2. The number of benzene rings is 1. The van der Waals surface area contributed by atoms with Crippen LogP contribution in [0, 0.1) is 23.2 Å². The van der Waals surface area contributed by atoms with Crippen molar-refractivity contribution in [1.29, 1.82) is 0 Å². The highest BCUT2D eigenvalue weighted by atomic mass is 19.4. The molecule has 4 bridgehead atoms. The number of carbonyl (C=O) groups excluding carboxylic acids is 2. The van der Waals surface area contributed by atoms with E-state index in [9.17, 15) is 22.8 Å². The first-order chi connectivity index (χ1) is 13.2. The lowest BCUT2D eigenvalue weighted by Crippen LogP contribution is -2.47.